The van der Waals surface area contributed by atoms with Crippen LogP contribution in [0.1, 0.15) is 43.9 Å². The van der Waals surface area contributed by atoms with Crippen LogP contribution >= 0.6 is 0 Å². The normalized spacial score (nSPS) is 16.5. The van der Waals surface area contributed by atoms with Crippen LogP contribution in [0.15, 0.2) is 18.2 Å². The lowest BCUT2D eigenvalue weighted by atomic mass is 10.0. The van der Waals surface area contributed by atoms with Crippen molar-refractivity contribution in [1.82, 2.24) is 5.32 Å². The van der Waals surface area contributed by atoms with Gasteiger partial charge in [-0.05, 0) is 30.5 Å². The lowest BCUT2D eigenvalue weighted by Crippen LogP contribution is -2.30. The van der Waals surface area contributed by atoms with Crippen molar-refractivity contribution in [3.63, 3.8) is 0 Å². The van der Waals surface area contributed by atoms with Crippen molar-refractivity contribution in [2.45, 2.75) is 45.2 Å². The van der Waals surface area contributed by atoms with Crippen molar-refractivity contribution in [3.05, 3.63) is 29.3 Å². The van der Waals surface area contributed by atoms with E-state index in [1.54, 1.807) is 0 Å². The summed E-state index contributed by atoms with van der Waals surface area (Å²) in [5, 5.41) is 3.50. The van der Waals surface area contributed by atoms with Crippen LogP contribution < -0.4 is 10.1 Å². The first kappa shape index (κ1) is 13.0. The fraction of sp³-hybridized carbons (Fsp3) is 0.500. The Kier molecular flexibility index (Phi) is 4.28. The predicted octanol–water partition coefficient (Wildman–Crippen LogP) is 3.07. The van der Waals surface area contributed by atoms with Crippen molar-refractivity contribution in [3.8, 4) is 18.1 Å². The molecule has 2 heteroatoms. The highest BCUT2D eigenvalue weighted by Gasteiger charge is 2.15. The van der Waals surface area contributed by atoms with Crippen molar-refractivity contribution >= 4 is 0 Å². The fourth-order valence-corrected chi connectivity index (χ4v) is 2.38. The molecule has 2 atom stereocenters. The van der Waals surface area contributed by atoms with Crippen LogP contribution in [0.2, 0.25) is 0 Å². The van der Waals surface area contributed by atoms with Gasteiger partial charge in [-0.3, -0.25) is 5.32 Å². The maximum Gasteiger partial charge on any atom is 0.122 e. The van der Waals surface area contributed by atoms with Gasteiger partial charge in [0.2, 0.25) is 0 Å². The van der Waals surface area contributed by atoms with E-state index in [2.05, 4.69) is 43.3 Å². The molecule has 1 aliphatic rings. The topological polar surface area (TPSA) is 21.3 Å². The molecule has 0 radical (unpaired) electrons. The van der Waals surface area contributed by atoms with Gasteiger partial charge in [-0.2, -0.15) is 0 Å². The van der Waals surface area contributed by atoms with Gasteiger partial charge in [0.25, 0.3) is 0 Å². The molecule has 0 amide bonds. The molecule has 2 nitrogen and oxygen atoms in total. The second kappa shape index (κ2) is 5.93. The van der Waals surface area contributed by atoms with Crippen LogP contribution in [0.5, 0.6) is 5.75 Å². The minimum atomic E-state index is 0.162. The molecule has 0 saturated carbocycles. The van der Waals surface area contributed by atoms with Gasteiger partial charge >= 0.3 is 0 Å². The van der Waals surface area contributed by atoms with E-state index in [-0.39, 0.29) is 12.1 Å². The van der Waals surface area contributed by atoms with Gasteiger partial charge in [-0.25, -0.2) is 0 Å². The summed E-state index contributed by atoms with van der Waals surface area (Å²) < 4.78 is 5.52. The molecule has 2 unspecified atom stereocenters. The SMILES string of the molecule is C#CC(CCC)NC(C)c1ccc2c(c1)CCO2. The second-order valence-corrected chi connectivity index (χ2v) is 4.86. The van der Waals surface area contributed by atoms with E-state index in [9.17, 15) is 0 Å². The standard InChI is InChI=1S/C16H21NO/c1-4-6-15(5-2)17-12(3)13-7-8-16-14(11-13)9-10-18-16/h2,7-8,11-12,15,17H,4,6,9-10H2,1,3H3. The molecule has 0 saturated heterocycles. The van der Waals surface area contributed by atoms with Crippen LogP contribution in [0.25, 0.3) is 0 Å². The Hall–Kier alpha value is -1.46. The van der Waals surface area contributed by atoms with Crippen LogP contribution in [0, 0.1) is 12.3 Å². The lowest BCUT2D eigenvalue weighted by molar-refractivity contribution is 0.356. The number of benzene rings is 1. The Labute approximate surface area is 110 Å². The van der Waals surface area contributed by atoms with E-state index in [0.717, 1.165) is 31.6 Å². The molecule has 0 fully saturated rings. The van der Waals surface area contributed by atoms with Gasteiger partial charge in [-0.15, -0.1) is 6.42 Å². The van der Waals surface area contributed by atoms with Gasteiger partial charge in [0, 0.05) is 12.5 Å². The Balaban J connectivity index is 2.05. The molecule has 0 aromatic heterocycles. The Morgan fingerprint density at radius 1 is 1.50 bits per heavy atom. The van der Waals surface area contributed by atoms with Gasteiger partial charge in [0.1, 0.15) is 5.75 Å². The molecule has 0 aliphatic carbocycles. The van der Waals surface area contributed by atoms with Crippen LogP contribution in [-0.4, -0.2) is 12.6 Å². The number of ether oxygens (including phenoxy) is 1. The van der Waals surface area contributed by atoms with Gasteiger partial charge in [0.05, 0.1) is 12.6 Å². The molecule has 0 bridgehead atoms. The zero-order valence-electron chi connectivity index (χ0n) is 11.2. The van der Waals surface area contributed by atoms with Gasteiger partial charge in [-0.1, -0.05) is 31.4 Å². The van der Waals surface area contributed by atoms with E-state index in [1.807, 2.05) is 0 Å². The monoisotopic (exact) mass is 243 g/mol. The third kappa shape index (κ3) is 2.86. The minimum Gasteiger partial charge on any atom is -0.493 e. The average molecular weight is 243 g/mol. The molecule has 1 aromatic rings. The molecule has 1 aromatic carbocycles. The van der Waals surface area contributed by atoms with Crippen molar-refractivity contribution in [2.75, 3.05) is 6.61 Å². The summed E-state index contributed by atoms with van der Waals surface area (Å²) in [6, 6.07) is 6.87. The first-order valence-electron chi connectivity index (χ1n) is 6.72. The van der Waals surface area contributed by atoms with Crippen LogP contribution in [-0.2, 0) is 6.42 Å². The van der Waals surface area contributed by atoms with Crippen molar-refractivity contribution < 1.29 is 4.74 Å². The Morgan fingerprint density at radius 2 is 2.33 bits per heavy atom. The van der Waals surface area contributed by atoms with E-state index in [4.69, 9.17) is 11.2 Å². The summed E-state index contributed by atoms with van der Waals surface area (Å²) in [6.07, 6.45) is 8.69. The highest BCUT2D eigenvalue weighted by molar-refractivity contribution is 5.40. The van der Waals surface area contributed by atoms with Gasteiger partial charge in [0.15, 0.2) is 0 Å². The second-order valence-electron chi connectivity index (χ2n) is 4.86. The third-order valence-electron chi connectivity index (χ3n) is 3.44. The van der Waals surface area contributed by atoms with Crippen LogP contribution in [0.3, 0.4) is 0 Å². The molecule has 0 spiro atoms. The van der Waals surface area contributed by atoms with Gasteiger partial charge < -0.3 is 4.74 Å². The number of hydrogen-bond acceptors (Lipinski definition) is 2. The van der Waals surface area contributed by atoms with E-state index in [0.29, 0.717) is 0 Å². The smallest absolute Gasteiger partial charge is 0.122 e. The number of rotatable bonds is 5. The molecule has 96 valence electrons. The summed E-state index contributed by atoms with van der Waals surface area (Å²) in [7, 11) is 0. The number of hydrogen-bond donors (Lipinski definition) is 1. The highest BCUT2D eigenvalue weighted by Crippen LogP contribution is 2.28. The quantitative estimate of drug-likeness (QED) is 0.802. The molecule has 2 rings (SSSR count). The number of fused-ring (bicyclic) bond motifs is 1. The van der Waals surface area contributed by atoms with E-state index in [1.165, 1.54) is 11.1 Å². The highest BCUT2D eigenvalue weighted by atomic mass is 16.5. The summed E-state index contributed by atoms with van der Waals surface area (Å²) in [4.78, 5) is 0. The molecule has 1 aliphatic heterocycles. The Morgan fingerprint density at radius 3 is 3.06 bits per heavy atom. The maximum atomic E-state index is 5.54. The fourth-order valence-electron chi connectivity index (χ4n) is 2.38. The molecule has 1 N–H and O–H groups in total. The minimum absolute atomic E-state index is 0.162. The maximum absolute atomic E-state index is 5.54. The lowest BCUT2D eigenvalue weighted by Gasteiger charge is -2.19. The third-order valence-corrected chi connectivity index (χ3v) is 3.44. The Bertz CT molecular complexity index is 447. The summed E-state index contributed by atoms with van der Waals surface area (Å²) in [5.74, 6) is 3.86. The zero-order chi connectivity index (χ0) is 13.0. The van der Waals surface area contributed by atoms with Crippen molar-refractivity contribution in [2.24, 2.45) is 0 Å². The summed E-state index contributed by atoms with van der Waals surface area (Å²) in [6.45, 7) is 5.13. The van der Waals surface area contributed by atoms with Crippen molar-refractivity contribution in [1.29, 1.82) is 0 Å². The molecule has 1 heterocycles. The van der Waals surface area contributed by atoms with Crippen LogP contribution in [0.4, 0.5) is 0 Å². The first-order valence-corrected chi connectivity index (χ1v) is 6.72. The van der Waals surface area contributed by atoms with E-state index < -0.39 is 0 Å². The molecular weight excluding hydrogens is 222 g/mol. The van der Waals surface area contributed by atoms with E-state index >= 15 is 0 Å². The number of nitrogens with one attached hydrogen (secondary N) is 1. The molecular formula is C16H21NO. The summed E-state index contributed by atoms with van der Waals surface area (Å²) in [5.41, 5.74) is 2.60. The summed E-state index contributed by atoms with van der Waals surface area (Å²) >= 11 is 0. The zero-order valence-corrected chi connectivity index (χ0v) is 11.2. The largest absolute Gasteiger partial charge is 0.493 e. The first-order chi connectivity index (χ1) is 8.74. The number of terminal acetylenes is 1. The predicted molar refractivity (Wildman–Crippen MR) is 74.7 cm³/mol. The average Bonchev–Trinajstić information content (AvgIpc) is 2.85. The molecule has 18 heavy (non-hydrogen) atoms.